The molecular weight excluding hydrogens is 222 g/mol. The number of pyridine rings is 1. The van der Waals surface area contributed by atoms with Crippen LogP contribution in [0.2, 0.25) is 0 Å². The molecule has 1 N–H and O–H groups in total. The van der Waals surface area contributed by atoms with Gasteiger partial charge in [0.05, 0.1) is 17.2 Å². The molecule has 0 aliphatic carbocycles. The predicted molar refractivity (Wildman–Crippen MR) is 59.8 cm³/mol. The highest BCUT2D eigenvalue weighted by Gasteiger charge is 2.14. The van der Waals surface area contributed by atoms with Crippen molar-refractivity contribution in [1.29, 1.82) is 0 Å². The number of nitrogens with one attached hydrogen (secondary N) is 1. The van der Waals surface area contributed by atoms with Gasteiger partial charge in [0.1, 0.15) is 11.6 Å². The molecule has 86 valence electrons. The monoisotopic (exact) mass is 232 g/mol. The van der Waals surface area contributed by atoms with E-state index in [1.165, 1.54) is 13.3 Å². The molecule has 17 heavy (non-hydrogen) atoms. The Morgan fingerprint density at radius 3 is 2.76 bits per heavy atom. The SMILES string of the molecule is CO[N+](=O)c1ccnc(Nc2cnccn2)c1. The van der Waals surface area contributed by atoms with Gasteiger partial charge in [-0.25, -0.2) is 14.8 Å². The molecule has 0 saturated heterocycles. The second-order valence-corrected chi connectivity index (χ2v) is 3.05. The van der Waals surface area contributed by atoms with Crippen LogP contribution in [0.4, 0.5) is 17.3 Å². The number of hydrogen-bond acceptors (Lipinski definition) is 6. The minimum absolute atomic E-state index is 0.342. The summed E-state index contributed by atoms with van der Waals surface area (Å²) in [5.74, 6) is 1.04. The number of nitrogens with zero attached hydrogens (tertiary/aromatic N) is 4. The van der Waals surface area contributed by atoms with Gasteiger partial charge in [0.2, 0.25) is 0 Å². The molecule has 7 nitrogen and oxygen atoms in total. The first kappa shape index (κ1) is 10.9. The van der Waals surface area contributed by atoms with E-state index in [9.17, 15) is 4.91 Å². The summed E-state index contributed by atoms with van der Waals surface area (Å²) in [7, 11) is 1.29. The molecule has 0 unspecified atom stereocenters. The molecule has 0 aliphatic heterocycles. The van der Waals surface area contributed by atoms with Crippen LogP contribution in [-0.2, 0) is 4.84 Å². The lowest BCUT2D eigenvalue weighted by Crippen LogP contribution is -2.00. The van der Waals surface area contributed by atoms with Crippen LogP contribution >= 0.6 is 0 Å². The Bertz CT molecular complexity index is 517. The van der Waals surface area contributed by atoms with Gasteiger partial charge in [-0.1, -0.05) is 0 Å². The lowest BCUT2D eigenvalue weighted by Gasteiger charge is -2.02. The largest absolute Gasteiger partial charge is 0.323 e. The molecule has 0 fully saturated rings. The van der Waals surface area contributed by atoms with Gasteiger partial charge in [0, 0.05) is 24.7 Å². The maximum atomic E-state index is 11.2. The van der Waals surface area contributed by atoms with Crippen LogP contribution in [0.1, 0.15) is 0 Å². The van der Waals surface area contributed by atoms with E-state index in [2.05, 4.69) is 25.1 Å². The third kappa shape index (κ3) is 2.71. The van der Waals surface area contributed by atoms with Crippen LogP contribution in [0, 0.1) is 4.91 Å². The smallest absolute Gasteiger partial charge is 0.321 e. The molecule has 0 aliphatic rings. The number of hydrogen-bond donors (Lipinski definition) is 1. The van der Waals surface area contributed by atoms with Crippen molar-refractivity contribution in [1.82, 2.24) is 15.0 Å². The normalized spacial score (nSPS) is 9.71. The second-order valence-electron chi connectivity index (χ2n) is 3.05. The lowest BCUT2D eigenvalue weighted by molar-refractivity contribution is -0.736. The van der Waals surface area contributed by atoms with Gasteiger partial charge in [0.25, 0.3) is 4.92 Å². The van der Waals surface area contributed by atoms with Crippen LogP contribution < -0.4 is 5.32 Å². The van der Waals surface area contributed by atoms with Crippen molar-refractivity contribution in [2.75, 3.05) is 12.4 Å². The van der Waals surface area contributed by atoms with Gasteiger partial charge in [-0.2, -0.15) is 0 Å². The molecule has 2 aromatic heterocycles. The highest BCUT2D eigenvalue weighted by molar-refractivity contribution is 5.53. The Hall–Kier alpha value is -2.57. The maximum absolute atomic E-state index is 11.2. The Morgan fingerprint density at radius 1 is 1.24 bits per heavy atom. The molecule has 0 bridgehead atoms. The summed E-state index contributed by atoms with van der Waals surface area (Å²) in [6.45, 7) is 0. The molecule has 0 atom stereocenters. The van der Waals surface area contributed by atoms with Crippen LogP contribution in [0.15, 0.2) is 36.9 Å². The van der Waals surface area contributed by atoms with E-state index >= 15 is 0 Å². The van der Waals surface area contributed by atoms with Gasteiger partial charge >= 0.3 is 5.69 Å². The summed E-state index contributed by atoms with van der Waals surface area (Å²) in [6, 6.07) is 3.09. The van der Waals surface area contributed by atoms with Crippen LogP contribution in [0.25, 0.3) is 0 Å². The first-order valence-electron chi connectivity index (χ1n) is 4.80. The van der Waals surface area contributed by atoms with Crippen molar-refractivity contribution >= 4 is 17.3 Å². The Balaban J connectivity index is 2.20. The van der Waals surface area contributed by atoms with Crippen molar-refractivity contribution in [2.45, 2.75) is 0 Å². The zero-order chi connectivity index (χ0) is 12.1. The summed E-state index contributed by atoms with van der Waals surface area (Å²) in [5, 5.41) is 2.92. The molecule has 2 rings (SSSR count). The van der Waals surface area contributed by atoms with Crippen molar-refractivity contribution in [3.05, 3.63) is 41.8 Å². The van der Waals surface area contributed by atoms with Crippen LogP contribution in [-0.4, -0.2) is 27.0 Å². The lowest BCUT2D eigenvalue weighted by atomic mass is 10.4. The fourth-order valence-electron chi connectivity index (χ4n) is 1.20. The molecule has 0 radical (unpaired) electrons. The minimum atomic E-state index is 0.342. The topological polar surface area (TPSA) is 80.0 Å². The van der Waals surface area contributed by atoms with E-state index in [1.807, 2.05) is 0 Å². The van der Waals surface area contributed by atoms with Gasteiger partial charge in [0.15, 0.2) is 7.11 Å². The van der Waals surface area contributed by atoms with Gasteiger partial charge in [-0.3, -0.25) is 4.98 Å². The summed E-state index contributed by atoms with van der Waals surface area (Å²) < 4.78 is 0. The highest BCUT2D eigenvalue weighted by atomic mass is 16.8. The molecule has 2 heterocycles. The highest BCUT2D eigenvalue weighted by Crippen LogP contribution is 2.17. The van der Waals surface area contributed by atoms with Gasteiger partial charge < -0.3 is 5.32 Å². The summed E-state index contributed by atoms with van der Waals surface area (Å²) in [6.07, 6.45) is 6.18. The first-order chi connectivity index (χ1) is 8.29. The average Bonchev–Trinajstić information content (AvgIpc) is 2.39. The van der Waals surface area contributed by atoms with Crippen molar-refractivity contribution in [3.63, 3.8) is 0 Å². The van der Waals surface area contributed by atoms with E-state index in [0.717, 1.165) is 0 Å². The van der Waals surface area contributed by atoms with E-state index in [1.54, 1.807) is 30.7 Å². The number of aromatic nitrogens is 3. The molecule has 0 amide bonds. The van der Waals surface area contributed by atoms with E-state index in [4.69, 9.17) is 0 Å². The van der Waals surface area contributed by atoms with Crippen molar-refractivity contribution in [3.8, 4) is 0 Å². The Labute approximate surface area is 97.0 Å². The van der Waals surface area contributed by atoms with Crippen LogP contribution in [0.5, 0.6) is 0 Å². The third-order valence-corrected chi connectivity index (χ3v) is 1.94. The van der Waals surface area contributed by atoms with Crippen molar-refractivity contribution < 1.29 is 9.76 Å². The van der Waals surface area contributed by atoms with Gasteiger partial charge in [-0.05, 0) is 0 Å². The predicted octanol–water partition coefficient (Wildman–Crippen LogP) is 1.59. The fourth-order valence-corrected chi connectivity index (χ4v) is 1.20. The zero-order valence-electron chi connectivity index (χ0n) is 9.07. The minimum Gasteiger partial charge on any atom is -0.323 e. The number of anilines is 2. The maximum Gasteiger partial charge on any atom is 0.321 e. The number of rotatable bonds is 4. The molecule has 0 saturated carbocycles. The molecule has 2 aromatic rings. The molecular formula is C10H10N5O2+. The summed E-state index contributed by atoms with van der Waals surface area (Å²) in [4.78, 5) is 28.1. The van der Waals surface area contributed by atoms with Crippen LogP contribution in [0.3, 0.4) is 0 Å². The van der Waals surface area contributed by atoms with Crippen molar-refractivity contribution in [2.24, 2.45) is 0 Å². The molecule has 0 spiro atoms. The fraction of sp³-hybridized carbons (Fsp3) is 0.100. The van der Waals surface area contributed by atoms with Gasteiger partial charge in [-0.15, -0.1) is 0 Å². The van der Waals surface area contributed by atoms with E-state index < -0.39 is 0 Å². The first-order valence-corrected chi connectivity index (χ1v) is 4.80. The second kappa shape index (κ2) is 4.97. The van der Waals surface area contributed by atoms with E-state index in [-0.39, 0.29) is 0 Å². The summed E-state index contributed by atoms with van der Waals surface area (Å²) in [5.41, 5.74) is 0.342. The average molecular weight is 232 g/mol. The Morgan fingerprint density at radius 2 is 2.06 bits per heavy atom. The summed E-state index contributed by atoms with van der Waals surface area (Å²) >= 11 is 0. The molecule has 7 heteroatoms. The third-order valence-electron chi connectivity index (χ3n) is 1.94. The quantitative estimate of drug-likeness (QED) is 0.806. The standard InChI is InChI=1S/C10H10N5O2/c1-17-15(16)8-2-3-12-9(6-8)14-10-7-11-4-5-13-10/h2-7H,1H3,(H,12,13,14)/q+1. The zero-order valence-corrected chi connectivity index (χ0v) is 9.07. The van der Waals surface area contributed by atoms with E-state index in [0.29, 0.717) is 22.2 Å². The Kier molecular flexibility index (Phi) is 3.20. The molecule has 0 aromatic carbocycles.